The lowest BCUT2D eigenvalue weighted by Gasteiger charge is -2.10. The van der Waals surface area contributed by atoms with Crippen LogP contribution in [-0.2, 0) is 0 Å². The summed E-state index contributed by atoms with van der Waals surface area (Å²) < 4.78 is 0.863. The number of pyridine rings is 1. The minimum Gasteiger partial charge on any atom is -0.618 e. The standard InChI is InChI=1S/C11H15NO/c1-11(2,3)8-7-10-6-4-5-9-12(10)13/h4-9H,1-3H3/b8-7+. The second-order valence-corrected chi connectivity index (χ2v) is 4.15. The zero-order chi connectivity index (χ0) is 9.90. The molecule has 0 saturated heterocycles. The van der Waals surface area contributed by atoms with Crippen LogP contribution in [0.4, 0.5) is 0 Å². The molecule has 1 rings (SSSR count). The fourth-order valence-corrected chi connectivity index (χ4v) is 0.906. The highest BCUT2D eigenvalue weighted by Crippen LogP contribution is 2.15. The molecule has 0 spiro atoms. The third-order valence-electron chi connectivity index (χ3n) is 1.61. The summed E-state index contributed by atoms with van der Waals surface area (Å²) in [6, 6.07) is 5.38. The molecule has 0 fully saturated rings. The molecule has 0 saturated carbocycles. The van der Waals surface area contributed by atoms with Crippen molar-refractivity contribution in [3.8, 4) is 0 Å². The molecule has 2 heteroatoms. The Hall–Kier alpha value is -1.31. The Kier molecular flexibility index (Phi) is 2.71. The van der Waals surface area contributed by atoms with E-state index >= 15 is 0 Å². The van der Waals surface area contributed by atoms with Gasteiger partial charge in [0.2, 0.25) is 5.69 Å². The van der Waals surface area contributed by atoms with E-state index in [2.05, 4.69) is 20.8 Å². The second kappa shape index (κ2) is 3.60. The van der Waals surface area contributed by atoms with E-state index in [-0.39, 0.29) is 5.41 Å². The Balaban J connectivity index is 2.86. The van der Waals surface area contributed by atoms with E-state index in [4.69, 9.17) is 0 Å². The maximum atomic E-state index is 11.2. The topological polar surface area (TPSA) is 26.9 Å². The van der Waals surface area contributed by atoms with Crippen LogP contribution in [0.5, 0.6) is 0 Å². The molecule has 1 aromatic rings. The molecule has 0 amide bonds. The van der Waals surface area contributed by atoms with Crippen LogP contribution in [0, 0.1) is 10.6 Å². The highest BCUT2D eigenvalue weighted by molar-refractivity contribution is 5.42. The molecule has 0 aromatic carbocycles. The van der Waals surface area contributed by atoms with E-state index in [0.29, 0.717) is 5.69 Å². The first kappa shape index (κ1) is 9.78. The van der Waals surface area contributed by atoms with E-state index in [9.17, 15) is 5.21 Å². The Morgan fingerprint density at radius 3 is 2.54 bits per heavy atom. The molecule has 2 nitrogen and oxygen atoms in total. The lowest BCUT2D eigenvalue weighted by atomic mass is 9.96. The predicted molar refractivity (Wildman–Crippen MR) is 53.9 cm³/mol. The number of rotatable bonds is 1. The molecular weight excluding hydrogens is 162 g/mol. The Bertz CT molecular complexity index is 310. The van der Waals surface area contributed by atoms with Gasteiger partial charge < -0.3 is 5.21 Å². The first-order valence-electron chi connectivity index (χ1n) is 4.36. The van der Waals surface area contributed by atoms with Crippen molar-refractivity contribution in [2.75, 3.05) is 0 Å². The van der Waals surface area contributed by atoms with Crippen molar-refractivity contribution in [2.45, 2.75) is 20.8 Å². The van der Waals surface area contributed by atoms with Gasteiger partial charge in [-0.15, -0.1) is 0 Å². The average molecular weight is 177 g/mol. The van der Waals surface area contributed by atoms with E-state index in [0.717, 1.165) is 4.73 Å². The van der Waals surface area contributed by atoms with Crippen molar-refractivity contribution in [3.63, 3.8) is 0 Å². The van der Waals surface area contributed by atoms with Crippen molar-refractivity contribution >= 4 is 6.08 Å². The summed E-state index contributed by atoms with van der Waals surface area (Å²) in [6.45, 7) is 6.30. The molecule has 0 aliphatic carbocycles. The van der Waals surface area contributed by atoms with Gasteiger partial charge in [-0.1, -0.05) is 26.8 Å². The molecular formula is C11H15NO. The van der Waals surface area contributed by atoms with Gasteiger partial charge in [-0.2, -0.15) is 4.73 Å². The monoisotopic (exact) mass is 177 g/mol. The van der Waals surface area contributed by atoms with E-state index in [1.807, 2.05) is 18.2 Å². The minimum atomic E-state index is 0.114. The van der Waals surface area contributed by atoms with Gasteiger partial charge in [0.15, 0.2) is 6.20 Å². The smallest absolute Gasteiger partial charge is 0.216 e. The molecule has 70 valence electrons. The number of hydrogen-bond acceptors (Lipinski definition) is 1. The van der Waals surface area contributed by atoms with Crippen LogP contribution in [0.1, 0.15) is 26.5 Å². The first-order valence-corrected chi connectivity index (χ1v) is 4.36. The highest BCUT2D eigenvalue weighted by Gasteiger charge is 2.05. The molecule has 0 bridgehead atoms. The van der Waals surface area contributed by atoms with Gasteiger partial charge in [0.1, 0.15) is 0 Å². The van der Waals surface area contributed by atoms with Crippen molar-refractivity contribution < 1.29 is 4.73 Å². The molecule has 0 aliphatic rings. The molecule has 0 aliphatic heterocycles. The largest absolute Gasteiger partial charge is 0.618 e. The van der Waals surface area contributed by atoms with Gasteiger partial charge in [0.25, 0.3) is 0 Å². The van der Waals surface area contributed by atoms with E-state index < -0.39 is 0 Å². The maximum Gasteiger partial charge on any atom is 0.216 e. The summed E-state index contributed by atoms with van der Waals surface area (Å²) >= 11 is 0. The molecule has 0 radical (unpaired) electrons. The van der Waals surface area contributed by atoms with E-state index in [1.165, 1.54) is 6.20 Å². The van der Waals surface area contributed by atoms with Gasteiger partial charge in [-0.3, -0.25) is 0 Å². The summed E-state index contributed by atoms with van der Waals surface area (Å²) in [5.41, 5.74) is 0.792. The quantitative estimate of drug-likeness (QED) is 0.478. The minimum absolute atomic E-state index is 0.114. The summed E-state index contributed by atoms with van der Waals surface area (Å²) in [4.78, 5) is 0. The van der Waals surface area contributed by atoms with Crippen LogP contribution in [0.15, 0.2) is 30.5 Å². The fraction of sp³-hybridized carbons (Fsp3) is 0.364. The number of nitrogens with zero attached hydrogens (tertiary/aromatic N) is 1. The summed E-state index contributed by atoms with van der Waals surface area (Å²) in [5, 5.41) is 11.2. The highest BCUT2D eigenvalue weighted by atomic mass is 16.5. The van der Waals surface area contributed by atoms with Gasteiger partial charge in [0.05, 0.1) is 0 Å². The average Bonchev–Trinajstić information content (AvgIpc) is 2.01. The van der Waals surface area contributed by atoms with Gasteiger partial charge in [-0.05, 0) is 11.5 Å². The normalized spacial score (nSPS) is 12.2. The molecule has 0 unspecified atom stereocenters. The maximum absolute atomic E-state index is 11.2. The Labute approximate surface area is 79.1 Å². The number of hydrogen-bond donors (Lipinski definition) is 0. The third-order valence-corrected chi connectivity index (χ3v) is 1.61. The summed E-state index contributed by atoms with van der Waals surface area (Å²) in [7, 11) is 0. The van der Waals surface area contributed by atoms with Gasteiger partial charge in [0, 0.05) is 18.2 Å². The lowest BCUT2D eigenvalue weighted by molar-refractivity contribution is -0.607. The molecule has 0 N–H and O–H groups in total. The van der Waals surface area contributed by atoms with Gasteiger partial charge >= 0.3 is 0 Å². The molecule has 13 heavy (non-hydrogen) atoms. The Morgan fingerprint density at radius 2 is 2.00 bits per heavy atom. The SMILES string of the molecule is CC(C)(C)/C=C/c1cccc[n+]1[O-]. The number of aromatic nitrogens is 1. The predicted octanol–water partition coefficient (Wildman–Crippen LogP) is 2.38. The summed E-state index contributed by atoms with van der Waals surface area (Å²) in [5.74, 6) is 0. The van der Waals surface area contributed by atoms with Crippen molar-refractivity contribution in [2.24, 2.45) is 5.41 Å². The zero-order valence-corrected chi connectivity index (χ0v) is 8.32. The fourth-order valence-electron chi connectivity index (χ4n) is 0.906. The third kappa shape index (κ3) is 3.28. The van der Waals surface area contributed by atoms with Crippen LogP contribution in [0.25, 0.3) is 6.08 Å². The van der Waals surface area contributed by atoms with Crippen LogP contribution >= 0.6 is 0 Å². The van der Waals surface area contributed by atoms with Crippen LogP contribution in [0.2, 0.25) is 0 Å². The van der Waals surface area contributed by atoms with Crippen LogP contribution in [0.3, 0.4) is 0 Å². The summed E-state index contributed by atoms with van der Waals surface area (Å²) in [6.07, 6.45) is 5.38. The first-order chi connectivity index (χ1) is 5.99. The van der Waals surface area contributed by atoms with Crippen LogP contribution in [-0.4, -0.2) is 0 Å². The van der Waals surface area contributed by atoms with E-state index in [1.54, 1.807) is 12.1 Å². The van der Waals surface area contributed by atoms with Crippen molar-refractivity contribution in [1.29, 1.82) is 0 Å². The molecule has 1 aromatic heterocycles. The van der Waals surface area contributed by atoms with Crippen molar-refractivity contribution in [1.82, 2.24) is 0 Å². The second-order valence-electron chi connectivity index (χ2n) is 4.15. The Morgan fingerprint density at radius 1 is 1.31 bits per heavy atom. The zero-order valence-electron chi connectivity index (χ0n) is 8.32. The molecule has 0 atom stereocenters. The lowest BCUT2D eigenvalue weighted by Crippen LogP contribution is -2.28. The van der Waals surface area contributed by atoms with Crippen molar-refractivity contribution in [3.05, 3.63) is 41.4 Å². The molecule has 1 heterocycles. The number of allylic oxidation sites excluding steroid dienone is 1. The van der Waals surface area contributed by atoms with Gasteiger partial charge in [-0.25, -0.2) is 0 Å². The van der Waals surface area contributed by atoms with Crippen LogP contribution < -0.4 is 4.73 Å².